The van der Waals surface area contributed by atoms with Gasteiger partial charge >= 0.3 is 0 Å². The largest absolute Gasteiger partial charge is 1.00 e. The van der Waals surface area contributed by atoms with Crippen LogP contribution in [0.3, 0.4) is 0 Å². The van der Waals surface area contributed by atoms with Crippen molar-refractivity contribution in [3.8, 4) is 0 Å². The maximum absolute atomic E-state index is 7.21. The second kappa shape index (κ2) is 15.3. The minimum Gasteiger partial charge on any atom is -1.00 e. The van der Waals surface area contributed by atoms with Crippen molar-refractivity contribution in [3.05, 3.63) is 164 Å². The maximum Gasteiger partial charge on any atom is 0.261 e. The Hall–Kier alpha value is -3.07. The Bertz CT molecular complexity index is 1430. The molecule has 0 radical (unpaired) electrons. The number of halogens is 1. The molecule has 0 aliphatic carbocycles. The lowest BCUT2D eigenvalue weighted by Gasteiger charge is -2.43. The van der Waals surface area contributed by atoms with Crippen LogP contribution in [0, 0.1) is 0 Å². The third-order valence-corrected chi connectivity index (χ3v) is 18.0. The summed E-state index contributed by atoms with van der Waals surface area (Å²) in [6, 6.07) is 55.2. The SMILES string of the molecule is C=C(CCC[P+](c1ccccc1)(c1ccccc1)c1ccccc1)CO[Si](c1ccccc1)(c1ccccc1)C(C)(C)C.[Br-]. The first-order valence-electron chi connectivity index (χ1n) is 15.3. The van der Waals surface area contributed by atoms with Gasteiger partial charge < -0.3 is 21.4 Å². The summed E-state index contributed by atoms with van der Waals surface area (Å²) in [7, 11) is -4.46. The Morgan fingerprint density at radius 3 is 1.27 bits per heavy atom. The van der Waals surface area contributed by atoms with Crippen molar-refractivity contribution in [2.45, 2.75) is 38.7 Å². The topological polar surface area (TPSA) is 9.23 Å². The summed E-state index contributed by atoms with van der Waals surface area (Å²) >= 11 is 0. The Morgan fingerprint density at radius 2 is 0.932 bits per heavy atom. The highest BCUT2D eigenvalue weighted by Crippen LogP contribution is 2.56. The van der Waals surface area contributed by atoms with E-state index in [0.29, 0.717) is 6.61 Å². The first-order chi connectivity index (χ1) is 20.9. The molecule has 1 nitrogen and oxygen atoms in total. The standard InChI is InChI=1S/C40H44OPSi.BrH/c1-34(33-41-43(40(2,3)4,38-28-16-8-17-29-38)39-30-18-9-19-31-39)21-20-32-42(35-22-10-5-11-23-35,36-24-12-6-13-25-36)37-26-14-7-15-27-37;/h5-19,22-31H,1,20-21,32-33H2,2-4H3;1H/q+1;/p-1. The van der Waals surface area contributed by atoms with E-state index in [-0.39, 0.29) is 22.0 Å². The van der Waals surface area contributed by atoms with Gasteiger partial charge in [-0.2, -0.15) is 0 Å². The van der Waals surface area contributed by atoms with Crippen molar-refractivity contribution in [1.29, 1.82) is 0 Å². The molecule has 0 atom stereocenters. The molecule has 5 aromatic rings. The summed E-state index contributed by atoms with van der Waals surface area (Å²) < 4.78 is 7.21. The van der Waals surface area contributed by atoms with Crippen LogP contribution in [-0.4, -0.2) is 21.1 Å². The predicted octanol–water partition coefficient (Wildman–Crippen LogP) is 4.90. The summed E-state index contributed by atoms with van der Waals surface area (Å²) in [6.07, 6.45) is 3.07. The predicted molar refractivity (Wildman–Crippen MR) is 192 cm³/mol. The van der Waals surface area contributed by atoms with Crippen LogP contribution >= 0.6 is 7.26 Å². The molecule has 5 rings (SSSR count). The van der Waals surface area contributed by atoms with Crippen LogP contribution < -0.4 is 43.3 Å². The van der Waals surface area contributed by atoms with E-state index in [1.165, 1.54) is 31.9 Å². The monoisotopic (exact) mass is 678 g/mol. The van der Waals surface area contributed by atoms with Crippen LogP contribution in [0.15, 0.2) is 164 Å². The fraction of sp³-hybridized carbons (Fsp3) is 0.200. The lowest BCUT2D eigenvalue weighted by atomic mass is 10.2. The van der Waals surface area contributed by atoms with E-state index in [1.54, 1.807) is 0 Å². The highest BCUT2D eigenvalue weighted by atomic mass is 79.9. The van der Waals surface area contributed by atoms with E-state index >= 15 is 0 Å². The molecule has 0 aliphatic rings. The van der Waals surface area contributed by atoms with Crippen molar-refractivity contribution < 1.29 is 21.4 Å². The van der Waals surface area contributed by atoms with Crippen molar-refractivity contribution in [3.63, 3.8) is 0 Å². The summed E-state index contributed by atoms with van der Waals surface area (Å²) in [6.45, 7) is 12.1. The average molecular weight is 680 g/mol. The highest BCUT2D eigenvalue weighted by Gasteiger charge is 2.50. The molecule has 44 heavy (non-hydrogen) atoms. The van der Waals surface area contributed by atoms with Gasteiger partial charge in [0.1, 0.15) is 23.2 Å². The van der Waals surface area contributed by atoms with E-state index in [9.17, 15) is 0 Å². The highest BCUT2D eigenvalue weighted by molar-refractivity contribution is 7.95. The van der Waals surface area contributed by atoms with Gasteiger partial charge in [-0.05, 0) is 64.7 Å². The molecule has 0 saturated heterocycles. The van der Waals surface area contributed by atoms with Crippen molar-refractivity contribution >= 4 is 41.9 Å². The number of rotatable bonds is 12. The van der Waals surface area contributed by atoms with Gasteiger partial charge in [0.05, 0.1) is 12.8 Å². The van der Waals surface area contributed by atoms with Crippen LogP contribution in [0.2, 0.25) is 5.04 Å². The number of hydrogen-bond donors (Lipinski definition) is 0. The molecule has 0 amide bonds. The molecule has 0 aliphatic heterocycles. The lowest BCUT2D eigenvalue weighted by Crippen LogP contribution is -3.00. The number of benzene rings is 5. The summed E-state index contributed by atoms with van der Waals surface area (Å²) in [5, 5.41) is 6.86. The fourth-order valence-corrected chi connectivity index (χ4v) is 15.4. The normalized spacial score (nSPS) is 11.9. The van der Waals surface area contributed by atoms with Crippen molar-refractivity contribution in [1.82, 2.24) is 0 Å². The molecular formula is C40H44BrOPSi. The summed E-state index contributed by atoms with van der Waals surface area (Å²) in [4.78, 5) is 0. The minimum absolute atomic E-state index is 0. The quantitative estimate of drug-likeness (QED) is 0.104. The molecule has 0 spiro atoms. The van der Waals surface area contributed by atoms with Crippen LogP contribution in [0.5, 0.6) is 0 Å². The third kappa shape index (κ3) is 7.08. The molecule has 0 heterocycles. The molecular weight excluding hydrogens is 635 g/mol. The van der Waals surface area contributed by atoms with Gasteiger partial charge in [-0.25, -0.2) is 0 Å². The first-order valence-corrected chi connectivity index (χ1v) is 19.2. The maximum atomic E-state index is 7.21. The molecule has 0 N–H and O–H groups in total. The van der Waals surface area contributed by atoms with Crippen LogP contribution in [0.25, 0.3) is 0 Å². The molecule has 0 fully saturated rings. The second-order valence-corrected chi connectivity index (χ2v) is 20.3. The Morgan fingerprint density at radius 1 is 0.591 bits per heavy atom. The second-order valence-electron chi connectivity index (χ2n) is 12.3. The zero-order valence-corrected chi connectivity index (χ0v) is 29.7. The Labute approximate surface area is 277 Å². The van der Waals surface area contributed by atoms with Gasteiger partial charge in [0.2, 0.25) is 0 Å². The van der Waals surface area contributed by atoms with Gasteiger partial charge in [-0.15, -0.1) is 0 Å². The zero-order chi connectivity index (χ0) is 30.2. The van der Waals surface area contributed by atoms with Gasteiger partial charge in [0, 0.05) is 0 Å². The molecule has 0 unspecified atom stereocenters. The van der Waals surface area contributed by atoms with E-state index in [0.717, 1.165) is 19.0 Å². The van der Waals surface area contributed by atoms with E-state index < -0.39 is 15.6 Å². The molecule has 0 saturated carbocycles. The fourth-order valence-electron chi connectivity index (χ4n) is 6.49. The van der Waals surface area contributed by atoms with Crippen molar-refractivity contribution in [2.75, 3.05) is 12.8 Å². The van der Waals surface area contributed by atoms with E-state index in [4.69, 9.17) is 4.43 Å². The van der Waals surface area contributed by atoms with E-state index in [1.807, 2.05) is 0 Å². The molecule has 0 aromatic heterocycles. The van der Waals surface area contributed by atoms with Gasteiger partial charge in [0.25, 0.3) is 8.32 Å². The minimum atomic E-state index is -2.60. The lowest BCUT2D eigenvalue weighted by molar-refractivity contribution is -0.00000915. The van der Waals surface area contributed by atoms with Crippen LogP contribution in [-0.2, 0) is 4.43 Å². The van der Waals surface area contributed by atoms with Crippen LogP contribution in [0.1, 0.15) is 33.6 Å². The Kier molecular flexibility index (Phi) is 11.7. The summed E-state index contributed by atoms with van der Waals surface area (Å²) in [5.74, 6) is 0. The molecule has 5 aromatic carbocycles. The summed E-state index contributed by atoms with van der Waals surface area (Å²) in [5.41, 5.74) is 1.17. The zero-order valence-electron chi connectivity index (χ0n) is 26.2. The van der Waals surface area contributed by atoms with Crippen molar-refractivity contribution in [2.24, 2.45) is 0 Å². The van der Waals surface area contributed by atoms with Gasteiger partial charge in [-0.3, -0.25) is 0 Å². The molecule has 0 bridgehead atoms. The molecule has 4 heteroatoms. The Balaban J connectivity index is 0.00000442. The van der Waals surface area contributed by atoms with Gasteiger partial charge in [-0.1, -0.05) is 148 Å². The smallest absolute Gasteiger partial charge is 0.261 e. The molecule has 226 valence electrons. The first kappa shape index (κ1) is 33.8. The van der Waals surface area contributed by atoms with Gasteiger partial charge in [0.15, 0.2) is 0 Å². The van der Waals surface area contributed by atoms with E-state index in [2.05, 4.69) is 179 Å². The third-order valence-electron chi connectivity index (χ3n) is 8.52. The average Bonchev–Trinajstić information content (AvgIpc) is 3.05. The van der Waals surface area contributed by atoms with Crippen LogP contribution in [0.4, 0.5) is 0 Å². The number of hydrogen-bond acceptors (Lipinski definition) is 1.